The fourth-order valence-corrected chi connectivity index (χ4v) is 4.73. The molecule has 0 radical (unpaired) electrons. The minimum Gasteiger partial charge on any atom is -0.480 e. The van der Waals surface area contributed by atoms with Gasteiger partial charge in [-0.1, -0.05) is 42.8 Å². The predicted octanol–water partition coefficient (Wildman–Crippen LogP) is 3.66. The molecule has 3 atom stereocenters. The number of amides is 1. The van der Waals surface area contributed by atoms with Crippen LogP contribution in [0.2, 0.25) is 0 Å². The molecule has 140 valence electrons. The van der Waals surface area contributed by atoms with Crippen LogP contribution in [0, 0.1) is 5.92 Å². The maximum absolute atomic E-state index is 12.8. The Hall–Kier alpha value is -2.69. The van der Waals surface area contributed by atoms with Crippen molar-refractivity contribution < 1.29 is 19.5 Å². The Morgan fingerprint density at radius 1 is 1.00 bits per heavy atom. The highest BCUT2D eigenvalue weighted by Gasteiger charge is 2.48. The van der Waals surface area contributed by atoms with Gasteiger partial charge in [-0.2, -0.15) is 0 Å². The lowest BCUT2D eigenvalue weighted by Gasteiger charge is -2.27. The van der Waals surface area contributed by atoms with Gasteiger partial charge >= 0.3 is 5.97 Å². The number of Topliss-reactive ketones (excluding diaryl/α,β-unsaturated/α-hetero) is 1. The van der Waals surface area contributed by atoms with E-state index in [2.05, 4.69) is 0 Å². The Morgan fingerprint density at radius 2 is 1.78 bits per heavy atom. The number of rotatable bonds is 5. The van der Waals surface area contributed by atoms with Crippen molar-refractivity contribution in [3.05, 3.63) is 48.0 Å². The average Bonchev–Trinajstić information content (AvgIpc) is 3.26. The van der Waals surface area contributed by atoms with E-state index in [9.17, 15) is 19.5 Å². The highest BCUT2D eigenvalue weighted by atomic mass is 16.4. The van der Waals surface area contributed by atoms with E-state index >= 15 is 0 Å². The summed E-state index contributed by atoms with van der Waals surface area (Å²) in [7, 11) is 0. The van der Waals surface area contributed by atoms with Gasteiger partial charge in [0.25, 0.3) is 0 Å². The largest absolute Gasteiger partial charge is 0.480 e. The van der Waals surface area contributed by atoms with Gasteiger partial charge in [-0.25, -0.2) is 4.79 Å². The number of benzene rings is 2. The molecule has 1 N–H and O–H groups in total. The number of aliphatic carboxylic acids is 1. The van der Waals surface area contributed by atoms with E-state index in [0.717, 1.165) is 30.0 Å². The van der Waals surface area contributed by atoms with Gasteiger partial charge in [0.05, 0.1) is 0 Å². The van der Waals surface area contributed by atoms with Crippen LogP contribution in [0.25, 0.3) is 10.8 Å². The van der Waals surface area contributed by atoms with Crippen LogP contribution in [0.5, 0.6) is 0 Å². The second-order valence-corrected chi connectivity index (χ2v) is 7.63. The Bertz CT molecular complexity index is 906. The molecule has 5 nitrogen and oxygen atoms in total. The lowest BCUT2D eigenvalue weighted by atomic mass is 10.0. The molecule has 1 saturated carbocycles. The monoisotopic (exact) mass is 365 g/mol. The molecule has 2 fully saturated rings. The first kappa shape index (κ1) is 17.7. The normalized spacial score (nSPS) is 24.1. The highest BCUT2D eigenvalue weighted by molar-refractivity contribution is 6.01. The molecule has 0 aromatic heterocycles. The highest BCUT2D eigenvalue weighted by Crippen LogP contribution is 2.41. The summed E-state index contributed by atoms with van der Waals surface area (Å²) in [5, 5.41) is 11.5. The maximum atomic E-state index is 12.8. The zero-order valence-electron chi connectivity index (χ0n) is 15.1. The number of ketones is 1. The SMILES string of the molecule is O=C(CCC(=O)N1[C@H](C(=O)O)C[C@@H]2CCC[C@@H]21)c1ccc2ccccc2c1. The quantitative estimate of drug-likeness (QED) is 0.821. The smallest absolute Gasteiger partial charge is 0.326 e. The summed E-state index contributed by atoms with van der Waals surface area (Å²) in [5.41, 5.74) is 0.594. The van der Waals surface area contributed by atoms with Crippen LogP contribution in [0.4, 0.5) is 0 Å². The summed E-state index contributed by atoms with van der Waals surface area (Å²) < 4.78 is 0. The average molecular weight is 365 g/mol. The second kappa shape index (κ2) is 7.14. The molecular formula is C22H23NO4. The zero-order chi connectivity index (χ0) is 19.0. The maximum Gasteiger partial charge on any atom is 0.326 e. The van der Waals surface area contributed by atoms with Gasteiger partial charge in [0.15, 0.2) is 5.78 Å². The summed E-state index contributed by atoms with van der Waals surface area (Å²) in [4.78, 5) is 38.5. The van der Waals surface area contributed by atoms with Crippen molar-refractivity contribution in [2.24, 2.45) is 5.92 Å². The van der Waals surface area contributed by atoms with Gasteiger partial charge in [-0.3, -0.25) is 9.59 Å². The van der Waals surface area contributed by atoms with Crippen LogP contribution in [0.15, 0.2) is 42.5 Å². The number of hydrogen-bond acceptors (Lipinski definition) is 3. The molecule has 0 spiro atoms. The molecular weight excluding hydrogens is 342 g/mol. The van der Waals surface area contributed by atoms with Gasteiger partial charge < -0.3 is 10.0 Å². The third-order valence-electron chi connectivity index (χ3n) is 6.05. The molecule has 27 heavy (non-hydrogen) atoms. The van der Waals surface area contributed by atoms with Crippen molar-refractivity contribution in [3.8, 4) is 0 Å². The number of hydrogen-bond donors (Lipinski definition) is 1. The molecule has 0 bridgehead atoms. The van der Waals surface area contributed by atoms with Gasteiger partial charge in [-0.05, 0) is 42.0 Å². The Kier molecular flexibility index (Phi) is 4.68. The van der Waals surface area contributed by atoms with Crippen LogP contribution < -0.4 is 0 Å². The van der Waals surface area contributed by atoms with Crippen molar-refractivity contribution in [2.45, 2.75) is 50.6 Å². The van der Waals surface area contributed by atoms with E-state index in [1.807, 2.05) is 36.4 Å². The fraction of sp³-hybridized carbons (Fsp3) is 0.409. The molecule has 1 heterocycles. The van der Waals surface area contributed by atoms with E-state index in [-0.39, 0.29) is 30.6 Å². The molecule has 2 aliphatic rings. The first-order chi connectivity index (χ1) is 13.0. The number of likely N-dealkylation sites (tertiary alicyclic amines) is 1. The molecule has 1 saturated heterocycles. The molecule has 0 unspecified atom stereocenters. The number of carboxylic acids is 1. The van der Waals surface area contributed by atoms with Crippen LogP contribution in [0.1, 0.15) is 48.9 Å². The minimum absolute atomic E-state index is 0.0365. The van der Waals surface area contributed by atoms with Crippen molar-refractivity contribution in [1.82, 2.24) is 4.90 Å². The van der Waals surface area contributed by atoms with E-state index in [4.69, 9.17) is 0 Å². The summed E-state index contributed by atoms with van der Waals surface area (Å²) in [6, 6.07) is 12.7. The van der Waals surface area contributed by atoms with Crippen molar-refractivity contribution in [1.29, 1.82) is 0 Å². The van der Waals surface area contributed by atoms with Crippen LogP contribution in [-0.2, 0) is 9.59 Å². The van der Waals surface area contributed by atoms with Gasteiger partial charge in [0.1, 0.15) is 6.04 Å². The molecule has 5 heteroatoms. The van der Waals surface area contributed by atoms with Crippen molar-refractivity contribution in [2.75, 3.05) is 0 Å². The van der Waals surface area contributed by atoms with E-state index in [1.165, 1.54) is 0 Å². The summed E-state index contributed by atoms with van der Waals surface area (Å²) in [6.07, 6.45) is 3.63. The van der Waals surface area contributed by atoms with Crippen LogP contribution in [0.3, 0.4) is 0 Å². The van der Waals surface area contributed by atoms with Gasteiger partial charge in [0, 0.05) is 24.4 Å². The topological polar surface area (TPSA) is 74.7 Å². The molecule has 2 aromatic carbocycles. The summed E-state index contributed by atoms with van der Waals surface area (Å²) in [5.74, 6) is -0.918. The van der Waals surface area contributed by atoms with E-state index in [0.29, 0.717) is 17.9 Å². The van der Waals surface area contributed by atoms with Crippen molar-refractivity contribution in [3.63, 3.8) is 0 Å². The van der Waals surface area contributed by atoms with Crippen molar-refractivity contribution >= 4 is 28.4 Å². The Balaban J connectivity index is 1.44. The lowest BCUT2D eigenvalue weighted by Crippen LogP contribution is -2.45. The second-order valence-electron chi connectivity index (χ2n) is 7.63. The fourth-order valence-electron chi connectivity index (χ4n) is 4.73. The standard InChI is InChI=1S/C22H23NO4/c24-20(17-9-8-14-4-1-2-5-15(14)12-17)10-11-21(25)23-18-7-3-6-16(18)13-19(23)22(26)27/h1-2,4-5,8-9,12,16,18-19H,3,6-7,10-11,13H2,(H,26,27)/t16-,18-,19-/m0/s1. The number of nitrogens with zero attached hydrogens (tertiary/aromatic N) is 1. The lowest BCUT2D eigenvalue weighted by molar-refractivity contribution is -0.149. The van der Waals surface area contributed by atoms with E-state index in [1.54, 1.807) is 11.0 Å². The number of carboxylic acid groups (broad SMARTS) is 1. The third-order valence-corrected chi connectivity index (χ3v) is 6.05. The first-order valence-corrected chi connectivity index (χ1v) is 9.60. The number of carbonyl (C=O) groups is 3. The molecule has 1 aliphatic carbocycles. The molecule has 1 aliphatic heterocycles. The zero-order valence-corrected chi connectivity index (χ0v) is 15.1. The number of fused-ring (bicyclic) bond motifs is 2. The Labute approximate surface area is 158 Å². The van der Waals surface area contributed by atoms with Crippen LogP contribution in [-0.4, -0.2) is 39.7 Å². The summed E-state index contributed by atoms with van der Waals surface area (Å²) >= 11 is 0. The third kappa shape index (κ3) is 3.34. The molecule has 1 amide bonds. The first-order valence-electron chi connectivity index (χ1n) is 9.60. The minimum atomic E-state index is -0.932. The predicted molar refractivity (Wildman–Crippen MR) is 102 cm³/mol. The number of carbonyl (C=O) groups excluding carboxylic acids is 2. The van der Waals surface area contributed by atoms with Gasteiger partial charge in [0.2, 0.25) is 5.91 Å². The van der Waals surface area contributed by atoms with Gasteiger partial charge in [-0.15, -0.1) is 0 Å². The van der Waals surface area contributed by atoms with Crippen LogP contribution >= 0.6 is 0 Å². The van der Waals surface area contributed by atoms with E-state index < -0.39 is 12.0 Å². The Morgan fingerprint density at radius 3 is 2.56 bits per heavy atom. The molecule has 4 rings (SSSR count). The summed E-state index contributed by atoms with van der Waals surface area (Å²) in [6.45, 7) is 0. The molecule has 2 aromatic rings.